The highest BCUT2D eigenvalue weighted by Crippen LogP contribution is 2.46. The molecule has 0 aromatic heterocycles. The maximum absolute atomic E-state index is 8.68. The zero-order valence-electron chi connectivity index (χ0n) is 13.5. The van der Waals surface area contributed by atoms with Crippen LogP contribution in [0.2, 0.25) is 0 Å². The Labute approximate surface area is 129 Å². The lowest BCUT2D eigenvalue weighted by Gasteiger charge is -2.35. The van der Waals surface area contributed by atoms with Crippen LogP contribution in [0.4, 0.5) is 0 Å². The van der Waals surface area contributed by atoms with Gasteiger partial charge in [-0.05, 0) is 46.8 Å². The summed E-state index contributed by atoms with van der Waals surface area (Å²) in [5.41, 5.74) is 1.20. The minimum Gasteiger partial charge on any atom is -0.436 e. The Morgan fingerprint density at radius 1 is 1.14 bits per heavy atom. The van der Waals surface area contributed by atoms with E-state index in [1.165, 1.54) is 5.56 Å². The average Bonchev–Trinajstić information content (AvgIpc) is 2.40. The normalized spacial score (nSPS) is 12.7. The minimum atomic E-state index is -1.22. The molecular formula is C16H25N2O2P. The molecule has 0 spiro atoms. The standard InChI is InChI=1S/C16H25N2O2P/c1-13(2)18(14(3)4)21(19-12-6-11-17)20-16-9-7-15(5)8-10-16/h7-10,13-14H,6,12H2,1-5H3. The average molecular weight is 308 g/mol. The summed E-state index contributed by atoms with van der Waals surface area (Å²) in [7, 11) is -1.22. The van der Waals surface area contributed by atoms with Crippen LogP contribution in [0.3, 0.4) is 0 Å². The molecule has 0 fully saturated rings. The number of nitriles is 1. The number of nitrogens with zero attached hydrogens (tertiary/aromatic N) is 2. The largest absolute Gasteiger partial charge is 0.436 e. The van der Waals surface area contributed by atoms with Crippen LogP contribution in [0.1, 0.15) is 39.7 Å². The van der Waals surface area contributed by atoms with Gasteiger partial charge in [0, 0.05) is 12.1 Å². The van der Waals surface area contributed by atoms with Crippen molar-refractivity contribution >= 4 is 8.53 Å². The van der Waals surface area contributed by atoms with E-state index in [-0.39, 0.29) is 0 Å². The first-order chi connectivity index (χ1) is 9.95. The van der Waals surface area contributed by atoms with E-state index in [0.29, 0.717) is 25.1 Å². The van der Waals surface area contributed by atoms with Crippen LogP contribution in [-0.4, -0.2) is 23.4 Å². The highest BCUT2D eigenvalue weighted by Gasteiger charge is 2.28. The van der Waals surface area contributed by atoms with E-state index in [1.54, 1.807) is 0 Å². The molecule has 1 aromatic rings. The second-order valence-corrected chi connectivity index (χ2v) is 6.83. The maximum atomic E-state index is 8.68. The first-order valence-corrected chi connectivity index (χ1v) is 8.41. The molecule has 116 valence electrons. The lowest BCUT2D eigenvalue weighted by molar-refractivity contribution is 0.219. The van der Waals surface area contributed by atoms with Gasteiger partial charge in [0.25, 0.3) is 0 Å². The van der Waals surface area contributed by atoms with Crippen LogP contribution in [0.5, 0.6) is 5.75 Å². The van der Waals surface area contributed by atoms with Crippen molar-refractivity contribution < 1.29 is 9.05 Å². The molecule has 5 heteroatoms. The van der Waals surface area contributed by atoms with E-state index in [4.69, 9.17) is 14.3 Å². The van der Waals surface area contributed by atoms with Crippen LogP contribution in [0.15, 0.2) is 24.3 Å². The monoisotopic (exact) mass is 308 g/mol. The Morgan fingerprint density at radius 3 is 2.19 bits per heavy atom. The highest BCUT2D eigenvalue weighted by molar-refractivity contribution is 7.45. The Morgan fingerprint density at radius 2 is 1.71 bits per heavy atom. The summed E-state index contributed by atoms with van der Waals surface area (Å²) < 4.78 is 14.1. The molecular weight excluding hydrogens is 283 g/mol. The quantitative estimate of drug-likeness (QED) is 0.518. The molecule has 1 rings (SSSR count). The molecule has 1 unspecified atom stereocenters. The van der Waals surface area contributed by atoms with Gasteiger partial charge < -0.3 is 9.05 Å². The van der Waals surface area contributed by atoms with Crippen molar-refractivity contribution in [1.29, 1.82) is 5.26 Å². The number of hydrogen-bond acceptors (Lipinski definition) is 4. The van der Waals surface area contributed by atoms with Crippen molar-refractivity contribution in [3.8, 4) is 11.8 Å². The number of benzene rings is 1. The summed E-state index contributed by atoms with van der Waals surface area (Å²) in [6.07, 6.45) is 0.375. The minimum absolute atomic E-state index is 0.309. The van der Waals surface area contributed by atoms with E-state index in [1.807, 2.05) is 31.2 Å². The Bertz CT molecular complexity index is 446. The van der Waals surface area contributed by atoms with Crippen molar-refractivity contribution in [1.82, 2.24) is 4.67 Å². The molecule has 0 heterocycles. The molecule has 0 saturated heterocycles. The van der Waals surface area contributed by atoms with Gasteiger partial charge in [-0.25, -0.2) is 4.67 Å². The summed E-state index contributed by atoms with van der Waals surface area (Å²) in [6.45, 7) is 10.9. The van der Waals surface area contributed by atoms with E-state index >= 15 is 0 Å². The van der Waals surface area contributed by atoms with Crippen LogP contribution >= 0.6 is 8.53 Å². The predicted octanol–water partition coefficient (Wildman–Crippen LogP) is 4.65. The SMILES string of the molecule is Cc1ccc(OP(OCCC#N)N(C(C)C)C(C)C)cc1. The van der Waals surface area contributed by atoms with Gasteiger partial charge in [-0.2, -0.15) is 5.26 Å². The fourth-order valence-electron chi connectivity index (χ4n) is 1.97. The zero-order chi connectivity index (χ0) is 15.8. The third kappa shape index (κ3) is 6.01. The summed E-state index contributed by atoms with van der Waals surface area (Å²) in [5, 5.41) is 8.68. The number of rotatable bonds is 8. The Hall–Kier alpha value is -1.14. The first kappa shape index (κ1) is 17.9. The zero-order valence-corrected chi connectivity index (χ0v) is 14.4. The topological polar surface area (TPSA) is 45.5 Å². The molecule has 0 aliphatic heterocycles. The second-order valence-electron chi connectivity index (χ2n) is 5.45. The van der Waals surface area contributed by atoms with Gasteiger partial charge in [0.05, 0.1) is 19.1 Å². The molecule has 1 atom stereocenters. The fraction of sp³-hybridized carbons (Fsp3) is 0.562. The van der Waals surface area contributed by atoms with E-state index in [2.05, 4.69) is 38.4 Å². The second kappa shape index (κ2) is 9.00. The molecule has 1 aromatic carbocycles. The smallest absolute Gasteiger partial charge is 0.321 e. The van der Waals surface area contributed by atoms with Gasteiger partial charge in [0.1, 0.15) is 5.75 Å². The predicted molar refractivity (Wildman–Crippen MR) is 87.0 cm³/mol. The van der Waals surface area contributed by atoms with Crippen molar-refractivity contribution in [3.05, 3.63) is 29.8 Å². The van der Waals surface area contributed by atoms with E-state index in [0.717, 1.165) is 5.75 Å². The molecule has 0 amide bonds. The molecule has 21 heavy (non-hydrogen) atoms. The van der Waals surface area contributed by atoms with Crippen molar-refractivity contribution in [2.75, 3.05) is 6.61 Å². The fourth-order valence-corrected chi connectivity index (χ4v) is 3.56. The summed E-state index contributed by atoms with van der Waals surface area (Å²) in [4.78, 5) is 0. The van der Waals surface area contributed by atoms with Gasteiger partial charge in [-0.15, -0.1) is 0 Å². The van der Waals surface area contributed by atoms with Gasteiger partial charge in [-0.1, -0.05) is 17.7 Å². The van der Waals surface area contributed by atoms with Gasteiger partial charge in [0.15, 0.2) is 0 Å². The van der Waals surface area contributed by atoms with Crippen LogP contribution in [0, 0.1) is 18.3 Å². The lowest BCUT2D eigenvalue weighted by Crippen LogP contribution is -2.34. The van der Waals surface area contributed by atoms with E-state index < -0.39 is 8.53 Å². The molecule has 0 bridgehead atoms. The number of aryl methyl sites for hydroxylation is 1. The van der Waals surface area contributed by atoms with Gasteiger partial charge in [0.2, 0.25) is 0 Å². The molecule has 0 aliphatic rings. The third-order valence-corrected chi connectivity index (χ3v) is 4.94. The maximum Gasteiger partial charge on any atom is 0.321 e. The first-order valence-electron chi connectivity index (χ1n) is 7.28. The highest BCUT2D eigenvalue weighted by atomic mass is 31.2. The third-order valence-electron chi connectivity index (χ3n) is 2.87. The van der Waals surface area contributed by atoms with Gasteiger partial charge >= 0.3 is 8.53 Å². The van der Waals surface area contributed by atoms with E-state index in [9.17, 15) is 0 Å². The van der Waals surface area contributed by atoms with Crippen LogP contribution in [0.25, 0.3) is 0 Å². The summed E-state index contributed by atoms with van der Waals surface area (Å²) >= 11 is 0. The van der Waals surface area contributed by atoms with Crippen molar-refractivity contribution in [3.63, 3.8) is 0 Å². The van der Waals surface area contributed by atoms with Crippen LogP contribution < -0.4 is 4.52 Å². The van der Waals surface area contributed by atoms with Gasteiger partial charge in [-0.3, -0.25) is 0 Å². The lowest BCUT2D eigenvalue weighted by atomic mass is 10.2. The molecule has 0 radical (unpaired) electrons. The Kier molecular flexibility index (Phi) is 7.67. The van der Waals surface area contributed by atoms with Crippen molar-refractivity contribution in [2.24, 2.45) is 0 Å². The molecule has 4 nitrogen and oxygen atoms in total. The van der Waals surface area contributed by atoms with Crippen LogP contribution in [-0.2, 0) is 4.52 Å². The summed E-state index contributed by atoms with van der Waals surface area (Å²) in [6, 6.07) is 10.7. The van der Waals surface area contributed by atoms with Crippen molar-refractivity contribution in [2.45, 2.75) is 53.1 Å². The molecule has 0 saturated carbocycles. The number of hydrogen-bond donors (Lipinski definition) is 0. The molecule has 0 N–H and O–H groups in total. The summed E-state index contributed by atoms with van der Waals surface area (Å²) in [5.74, 6) is 0.801. The Balaban J connectivity index is 2.84. The molecule has 0 aliphatic carbocycles.